The second-order valence-corrected chi connectivity index (χ2v) is 7.79. The quantitative estimate of drug-likeness (QED) is 0.655. The van der Waals surface area contributed by atoms with Crippen LogP contribution in [0.2, 0.25) is 5.02 Å². The Morgan fingerprint density at radius 3 is 2.67 bits per heavy atom. The van der Waals surface area contributed by atoms with Crippen LogP contribution in [0.1, 0.15) is 19.4 Å². The van der Waals surface area contributed by atoms with Crippen LogP contribution in [0.4, 0.5) is 0 Å². The molecule has 0 aromatic heterocycles. The van der Waals surface area contributed by atoms with Gasteiger partial charge >= 0.3 is 0 Å². The maximum absolute atomic E-state index is 6.40. The number of rotatable bonds is 6. The van der Waals surface area contributed by atoms with Crippen LogP contribution in [0, 0.1) is 5.92 Å². The van der Waals surface area contributed by atoms with Crippen LogP contribution in [0.25, 0.3) is 0 Å². The van der Waals surface area contributed by atoms with Gasteiger partial charge in [0.15, 0.2) is 0 Å². The van der Waals surface area contributed by atoms with Crippen molar-refractivity contribution in [2.75, 3.05) is 6.54 Å². The average Bonchev–Trinajstić information content (AvgIpc) is 2.41. The first-order chi connectivity index (χ1) is 10.0. The van der Waals surface area contributed by atoms with Crippen molar-refractivity contribution in [3.8, 4) is 0 Å². The Hall–Kier alpha value is -0.480. The maximum Gasteiger partial charge on any atom is 0.0548 e. The molecule has 0 aliphatic heterocycles. The van der Waals surface area contributed by atoms with Gasteiger partial charge in [0.25, 0.3) is 0 Å². The van der Waals surface area contributed by atoms with Crippen molar-refractivity contribution in [1.82, 2.24) is 5.32 Å². The molecule has 0 fully saturated rings. The molecule has 0 atom stereocenters. The van der Waals surface area contributed by atoms with Gasteiger partial charge in [0.05, 0.1) is 5.02 Å². The second-order valence-electron chi connectivity index (χ2n) is 5.35. The third-order valence-corrected chi connectivity index (χ3v) is 4.89. The van der Waals surface area contributed by atoms with Crippen LogP contribution < -0.4 is 5.32 Å². The summed E-state index contributed by atoms with van der Waals surface area (Å²) in [6.45, 7) is 6.29. The van der Waals surface area contributed by atoms with Crippen molar-refractivity contribution in [3.05, 3.63) is 57.5 Å². The molecular weight excluding hydrogens is 366 g/mol. The zero-order chi connectivity index (χ0) is 15.2. The van der Waals surface area contributed by atoms with E-state index in [0.29, 0.717) is 5.92 Å². The van der Waals surface area contributed by atoms with Gasteiger partial charge in [-0.15, -0.1) is 0 Å². The summed E-state index contributed by atoms with van der Waals surface area (Å²) >= 11 is 11.6. The molecule has 112 valence electrons. The van der Waals surface area contributed by atoms with Gasteiger partial charge in [-0.05, 0) is 48.4 Å². The van der Waals surface area contributed by atoms with Gasteiger partial charge in [0.2, 0.25) is 0 Å². The number of nitrogens with one attached hydrogen (secondary N) is 1. The summed E-state index contributed by atoms with van der Waals surface area (Å²) in [5, 5.41) is 4.24. The van der Waals surface area contributed by atoms with Gasteiger partial charge in [0.1, 0.15) is 0 Å². The lowest BCUT2D eigenvalue weighted by Gasteiger charge is -2.10. The zero-order valence-electron chi connectivity index (χ0n) is 12.2. The number of halogens is 2. The standard InChI is InChI=1S/C17H19BrClNS/c1-12(2)10-20-11-13-6-7-17(16(19)8-13)21-15-5-3-4-14(18)9-15/h3-9,12,20H,10-11H2,1-2H3. The van der Waals surface area contributed by atoms with Gasteiger partial charge in [-0.1, -0.05) is 65.3 Å². The maximum atomic E-state index is 6.40. The van der Waals surface area contributed by atoms with E-state index in [-0.39, 0.29) is 0 Å². The van der Waals surface area contributed by atoms with Gasteiger partial charge in [-0.3, -0.25) is 0 Å². The summed E-state index contributed by atoms with van der Waals surface area (Å²) in [5.41, 5.74) is 1.22. The topological polar surface area (TPSA) is 12.0 Å². The van der Waals surface area contributed by atoms with Crippen LogP contribution in [0.15, 0.2) is 56.7 Å². The molecule has 0 saturated heterocycles. The molecule has 0 bridgehead atoms. The number of hydrogen-bond donors (Lipinski definition) is 1. The molecule has 0 amide bonds. The summed E-state index contributed by atoms with van der Waals surface area (Å²) in [6, 6.07) is 14.5. The van der Waals surface area contributed by atoms with E-state index in [0.717, 1.165) is 27.5 Å². The number of hydrogen-bond acceptors (Lipinski definition) is 2. The first-order valence-corrected chi connectivity index (χ1v) is 8.96. The molecule has 1 nitrogen and oxygen atoms in total. The summed E-state index contributed by atoms with van der Waals surface area (Å²) in [7, 11) is 0. The van der Waals surface area contributed by atoms with Crippen molar-refractivity contribution in [3.63, 3.8) is 0 Å². The molecule has 2 rings (SSSR count). The summed E-state index contributed by atoms with van der Waals surface area (Å²) in [4.78, 5) is 2.26. The van der Waals surface area contributed by atoms with Crippen LogP contribution in [0.3, 0.4) is 0 Å². The molecule has 0 radical (unpaired) electrons. The molecule has 0 heterocycles. The van der Waals surface area contributed by atoms with Crippen LogP contribution in [0.5, 0.6) is 0 Å². The van der Waals surface area contributed by atoms with E-state index in [2.05, 4.69) is 65.4 Å². The smallest absolute Gasteiger partial charge is 0.0548 e. The molecule has 0 aliphatic rings. The lowest BCUT2D eigenvalue weighted by Crippen LogP contribution is -2.18. The predicted molar refractivity (Wildman–Crippen MR) is 96.3 cm³/mol. The molecule has 0 unspecified atom stereocenters. The van der Waals surface area contributed by atoms with Gasteiger partial charge in [-0.25, -0.2) is 0 Å². The van der Waals surface area contributed by atoms with E-state index in [1.165, 1.54) is 10.5 Å². The summed E-state index contributed by atoms with van der Waals surface area (Å²) in [6.07, 6.45) is 0. The van der Waals surface area contributed by atoms with Crippen molar-refractivity contribution in [1.29, 1.82) is 0 Å². The van der Waals surface area contributed by atoms with E-state index >= 15 is 0 Å². The molecule has 0 saturated carbocycles. The van der Waals surface area contributed by atoms with E-state index in [1.807, 2.05) is 12.1 Å². The van der Waals surface area contributed by atoms with Crippen LogP contribution in [-0.4, -0.2) is 6.54 Å². The normalized spacial score (nSPS) is 11.1. The average molecular weight is 385 g/mol. The molecule has 4 heteroatoms. The molecule has 2 aromatic rings. The largest absolute Gasteiger partial charge is 0.312 e. The fraction of sp³-hybridized carbons (Fsp3) is 0.294. The highest BCUT2D eigenvalue weighted by atomic mass is 79.9. The highest BCUT2D eigenvalue weighted by molar-refractivity contribution is 9.10. The Kier molecular flexibility index (Phi) is 6.62. The molecule has 1 N–H and O–H groups in total. The van der Waals surface area contributed by atoms with Crippen molar-refractivity contribution < 1.29 is 0 Å². The van der Waals surface area contributed by atoms with Gasteiger partial charge in [-0.2, -0.15) is 0 Å². The predicted octanol–water partition coefficient (Wildman–Crippen LogP) is 6.00. The molecular formula is C17H19BrClNS. The first-order valence-electron chi connectivity index (χ1n) is 6.97. The number of benzene rings is 2. The summed E-state index contributed by atoms with van der Waals surface area (Å²) in [5.74, 6) is 0.659. The van der Waals surface area contributed by atoms with Crippen molar-refractivity contribution >= 4 is 39.3 Å². The third kappa shape index (κ3) is 5.67. The van der Waals surface area contributed by atoms with E-state index < -0.39 is 0 Å². The first kappa shape index (κ1) is 16.9. The minimum Gasteiger partial charge on any atom is -0.312 e. The lowest BCUT2D eigenvalue weighted by molar-refractivity contribution is 0.552. The molecule has 2 aromatic carbocycles. The Bertz CT molecular complexity index is 601. The Morgan fingerprint density at radius 1 is 1.19 bits per heavy atom. The van der Waals surface area contributed by atoms with Gasteiger partial charge < -0.3 is 5.32 Å². The minimum absolute atomic E-state index is 0.659. The van der Waals surface area contributed by atoms with Crippen LogP contribution >= 0.6 is 39.3 Å². The summed E-state index contributed by atoms with van der Waals surface area (Å²) < 4.78 is 1.08. The fourth-order valence-electron chi connectivity index (χ4n) is 1.90. The third-order valence-electron chi connectivity index (χ3n) is 2.90. The molecule has 0 spiro atoms. The fourth-order valence-corrected chi connectivity index (χ4v) is 3.65. The van der Waals surface area contributed by atoms with Crippen molar-refractivity contribution in [2.24, 2.45) is 5.92 Å². The zero-order valence-corrected chi connectivity index (χ0v) is 15.4. The Balaban J connectivity index is 2.02. The SMILES string of the molecule is CC(C)CNCc1ccc(Sc2cccc(Br)c2)c(Cl)c1. The van der Waals surface area contributed by atoms with E-state index in [9.17, 15) is 0 Å². The molecule has 21 heavy (non-hydrogen) atoms. The Labute approximate surface area is 144 Å². The van der Waals surface area contributed by atoms with E-state index in [1.54, 1.807) is 11.8 Å². The van der Waals surface area contributed by atoms with E-state index in [4.69, 9.17) is 11.6 Å². The minimum atomic E-state index is 0.659. The lowest BCUT2D eigenvalue weighted by atomic mass is 10.2. The van der Waals surface area contributed by atoms with Crippen molar-refractivity contribution in [2.45, 2.75) is 30.2 Å². The Morgan fingerprint density at radius 2 is 2.00 bits per heavy atom. The highest BCUT2D eigenvalue weighted by Gasteiger charge is 2.05. The molecule has 0 aliphatic carbocycles. The van der Waals surface area contributed by atoms with Gasteiger partial charge in [0, 0.05) is 20.8 Å². The second kappa shape index (κ2) is 8.23. The van der Waals surface area contributed by atoms with Crippen LogP contribution in [-0.2, 0) is 6.54 Å². The highest BCUT2D eigenvalue weighted by Crippen LogP contribution is 2.34. The monoisotopic (exact) mass is 383 g/mol.